The largest absolute Gasteiger partial charge is 0.452 e. The third-order valence-electron chi connectivity index (χ3n) is 2.75. The van der Waals surface area contributed by atoms with Gasteiger partial charge in [0.2, 0.25) is 0 Å². The summed E-state index contributed by atoms with van der Waals surface area (Å²) in [7, 11) is 0. The van der Waals surface area contributed by atoms with Crippen molar-refractivity contribution in [2.75, 3.05) is 13.2 Å². The number of nitrogens with one attached hydrogen (secondary N) is 1. The first-order chi connectivity index (χ1) is 10.3. The van der Waals surface area contributed by atoms with Crippen LogP contribution in [0.1, 0.15) is 30.6 Å². The highest BCUT2D eigenvalue weighted by molar-refractivity contribution is 6.31. The van der Waals surface area contributed by atoms with E-state index in [1.165, 1.54) is 12.1 Å². The molecule has 0 saturated carbocycles. The molecule has 0 heterocycles. The molecule has 0 aromatic heterocycles. The molecule has 1 rings (SSSR count). The Morgan fingerprint density at radius 1 is 1.41 bits per heavy atom. The van der Waals surface area contributed by atoms with Gasteiger partial charge in [-0.2, -0.15) is 0 Å². The van der Waals surface area contributed by atoms with Crippen molar-refractivity contribution in [3.05, 3.63) is 38.9 Å². The Morgan fingerprint density at radius 2 is 2.09 bits per heavy atom. The van der Waals surface area contributed by atoms with Gasteiger partial charge in [0, 0.05) is 17.6 Å². The molecule has 7 nitrogen and oxygen atoms in total. The molecule has 22 heavy (non-hydrogen) atoms. The number of nitro benzene ring substituents is 1. The van der Waals surface area contributed by atoms with Crippen LogP contribution in [0, 0.1) is 16.0 Å². The van der Waals surface area contributed by atoms with E-state index in [0.717, 1.165) is 12.5 Å². The summed E-state index contributed by atoms with van der Waals surface area (Å²) in [4.78, 5) is 33.5. The number of benzene rings is 1. The first-order valence-electron chi connectivity index (χ1n) is 6.69. The first-order valence-corrected chi connectivity index (χ1v) is 7.06. The van der Waals surface area contributed by atoms with Gasteiger partial charge in [-0.1, -0.05) is 25.4 Å². The van der Waals surface area contributed by atoms with Crippen molar-refractivity contribution in [3.8, 4) is 0 Å². The summed E-state index contributed by atoms with van der Waals surface area (Å²) in [5, 5.41) is 13.6. The highest BCUT2D eigenvalue weighted by atomic mass is 35.5. The maximum Gasteiger partial charge on any atom is 0.345 e. The van der Waals surface area contributed by atoms with Crippen LogP contribution in [-0.4, -0.2) is 30.0 Å². The first kappa shape index (κ1) is 17.9. The molecule has 0 fully saturated rings. The van der Waals surface area contributed by atoms with E-state index in [-0.39, 0.29) is 10.6 Å². The third kappa shape index (κ3) is 5.69. The van der Waals surface area contributed by atoms with Crippen LogP contribution < -0.4 is 5.32 Å². The van der Waals surface area contributed by atoms with E-state index in [2.05, 4.69) is 5.32 Å². The fourth-order valence-electron chi connectivity index (χ4n) is 1.59. The zero-order chi connectivity index (χ0) is 16.7. The van der Waals surface area contributed by atoms with Crippen LogP contribution in [0.5, 0.6) is 0 Å². The van der Waals surface area contributed by atoms with E-state index in [4.69, 9.17) is 16.3 Å². The predicted octanol–water partition coefficient (Wildman–Crippen LogP) is 2.57. The molecule has 0 aliphatic heterocycles. The number of esters is 1. The molecule has 0 aliphatic rings. The molecule has 0 atom stereocenters. The highest BCUT2D eigenvalue weighted by Crippen LogP contribution is 2.23. The molecule has 1 amide bonds. The maximum atomic E-state index is 11.8. The smallest absolute Gasteiger partial charge is 0.345 e. The number of hydrogen-bond acceptors (Lipinski definition) is 5. The molecule has 1 aromatic carbocycles. The van der Waals surface area contributed by atoms with Crippen molar-refractivity contribution in [1.82, 2.24) is 5.32 Å². The van der Waals surface area contributed by atoms with Crippen LogP contribution in [0.15, 0.2) is 18.2 Å². The van der Waals surface area contributed by atoms with Crippen molar-refractivity contribution < 1.29 is 19.2 Å². The number of nitro groups is 1. The molecule has 0 spiro atoms. The molecule has 0 aliphatic carbocycles. The Morgan fingerprint density at radius 3 is 2.68 bits per heavy atom. The van der Waals surface area contributed by atoms with Gasteiger partial charge in [0.05, 0.1) is 4.92 Å². The summed E-state index contributed by atoms with van der Waals surface area (Å²) in [6, 6.07) is 3.59. The Kier molecular flexibility index (Phi) is 6.78. The lowest BCUT2D eigenvalue weighted by atomic mass is 10.1. The van der Waals surface area contributed by atoms with Crippen LogP contribution in [0.25, 0.3) is 0 Å². The van der Waals surface area contributed by atoms with E-state index in [0.29, 0.717) is 12.5 Å². The molecule has 0 radical (unpaired) electrons. The normalized spacial score (nSPS) is 10.4. The molecular weight excluding hydrogens is 312 g/mol. The number of carbonyl (C=O) groups excluding carboxylic acids is 2. The van der Waals surface area contributed by atoms with Crippen molar-refractivity contribution in [2.24, 2.45) is 5.92 Å². The van der Waals surface area contributed by atoms with Gasteiger partial charge in [0.25, 0.3) is 11.6 Å². The lowest BCUT2D eigenvalue weighted by Crippen LogP contribution is -2.30. The number of halogens is 1. The number of hydrogen-bond donors (Lipinski definition) is 1. The van der Waals surface area contributed by atoms with Crippen molar-refractivity contribution in [1.29, 1.82) is 0 Å². The Balaban J connectivity index is 2.59. The van der Waals surface area contributed by atoms with Gasteiger partial charge in [-0.3, -0.25) is 14.9 Å². The highest BCUT2D eigenvalue weighted by Gasteiger charge is 2.22. The van der Waals surface area contributed by atoms with Crippen LogP contribution in [-0.2, 0) is 9.53 Å². The van der Waals surface area contributed by atoms with Gasteiger partial charge in [0.15, 0.2) is 6.61 Å². The summed E-state index contributed by atoms with van der Waals surface area (Å²) in [5.41, 5.74) is -0.706. The summed E-state index contributed by atoms with van der Waals surface area (Å²) in [6.07, 6.45) is 0.808. The van der Waals surface area contributed by atoms with Gasteiger partial charge in [0.1, 0.15) is 5.56 Å². The summed E-state index contributed by atoms with van der Waals surface area (Å²) >= 11 is 5.66. The SMILES string of the molecule is CC(C)CCNC(=O)COC(=O)c1ccc(Cl)cc1[N+](=O)[O-]. The molecule has 0 saturated heterocycles. The summed E-state index contributed by atoms with van der Waals surface area (Å²) < 4.78 is 4.78. The second-order valence-electron chi connectivity index (χ2n) is 5.03. The average Bonchev–Trinajstić information content (AvgIpc) is 2.44. The maximum absolute atomic E-state index is 11.8. The molecular formula is C14H17ClN2O5. The van der Waals surface area contributed by atoms with E-state index in [1.54, 1.807) is 0 Å². The molecule has 0 bridgehead atoms. The number of amides is 1. The van der Waals surface area contributed by atoms with Gasteiger partial charge >= 0.3 is 5.97 Å². The van der Waals surface area contributed by atoms with Crippen LogP contribution in [0.4, 0.5) is 5.69 Å². The Bertz CT molecular complexity index is 574. The zero-order valence-corrected chi connectivity index (χ0v) is 13.1. The standard InChI is InChI=1S/C14H17ClN2O5/c1-9(2)5-6-16-13(18)8-22-14(19)11-4-3-10(15)7-12(11)17(20)21/h3-4,7,9H,5-6,8H2,1-2H3,(H,16,18). The minimum absolute atomic E-state index is 0.134. The molecule has 0 unspecified atom stereocenters. The fraction of sp³-hybridized carbons (Fsp3) is 0.429. The second kappa shape index (κ2) is 8.33. The summed E-state index contributed by atoms with van der Waals surface area (Å²) in [5.74, 6) is -0.951. The second-order valence-corrected chi connectivity index (χ2v) is 5.46. The van der Waals surface area contributed by atoms with E-state index >= 15 is 0 Å². The quantitative estimate of drug-likeness (QED) is 0.471. The minimum Gasteiger partial charge on any atom is -0.452 e. The van der Waals surface area contributed by atoms with Crippen molar-refractivity contribution in [2.45, 2.75) is 20.3 Å². The van der Waals surface area contributed by atoms with E-state index in [9.17, 15) is 19.7 Å². The van der Waals surface area contributed by atoms with Crippen LogP contribution >= 0.6 is 11.6 Å². The molecule has 1 aromatic rings. The minimum atomic E-state index is -0.942. The predicted molar refractivity (Wildman–Crippen MR) is 80.9 cm³/mol. The topological polar surface area (TPSA) is 98.5 Å². The monoisotopic (exact) mass is 328 g/mol. The van der Waals surface area contributed by atoms with E-state index < -0.39 is 29.1 Å². The van der Waals surface area contributed by atoms with Crippen molar-refractivity contribution in [3.63, 3.8) is 0 Å². The lowest BCUT2D eigenvalue weighted by Gasteiger charge is -2.08. The van der Waals surface area contributed by atoms with Gasteiger partial charge in [-0.15, -0.1) is 0 Å². The lowest BCUT2D eigenvalue weighted by molar-refractivity contribution is -0.385. The Hall–Kier alpha value is -2.15. The number of carbonyl (C=O) groups is 2. The zero-order valence-electron chi connectivity index (χ0n) is 12.3. The number of rotatable bonds is 7. The van der Waals surface area contributed by atoms with Gasteiger partial charge in [-0.25, -0.2) is 4.79 Å². The number of nitrogens with zero attached hydrogens (tertiary/aromatic N) is 1. The van der Waals surface area contributed by atoms with Gasteiger partial charge < -0.3 is 10.1 Å². The number of ether oxygens (including phenoxy) is 1. The van der Waals surface area contributed by atoms with E-state index in [1.807, 2.05) is 13.8 Å². The average molecular weight is 329 g/mol. The Labute approximate surface area is 132 Å². The molecule has 120 valence electrons. The van der Waals surface area contributed by atoms with Crippen molar-refractivity contribution >= 4 is 29.2 Å². The molecule has 8 heteroatoms. The fourth-order valence-corrected chi connectivity index (χ4v) is 1.75. The summed E-state index contributed by atoms with van der Waals surface area (Å²) in [6.45, 7) is 4.03. The van der Waals surface area contributed by atoms with Crippen LogP contribution in [0.3, 0.4) is 0 Å². The third-order valence-corrected chi connectivity index (χ3v) is 2.99. The van der Waals surface area contributed by atoms with Crippen LogP contribution in [0.2, 0.25) is 5.02 Å². The van der Waals surface area contributed by atoms with Gasteiger partial charge in [-0.05, 0) is 24.5 Å². The molecule has 1 N–H and O–H groups in total.